The number of rotatable bonds is 2. The van der Waals surface area contributed by atoms with Gasteiger partial charge in [-0.2, -0.15) is 5.10 Å². The average Bonchev–Trinajstić information content (AvgIpc) is 3.40. The molecule has 1 amide bonds. The molecule has 1 aromatic carbocycles. The normalized spacial score (nSPS) is 18.1. The summed E-state index contributed by atoms with van der Waals surface area (Å²) in [5.41, 5.74) is 2.55. The molecule has 0 aliphatic carbocycles. The molecule has 0 bridgehead atoms. The van der Waals surface area contributed by atoms with Gasteiger partial charge >= 0.3 is 0 Å². The van der Waals surface area contributed by atoms with Gasteiger partial charge in [-0.05, 0) is 42.0 Å². The molecule has 0 saturated carbocycles. The van der Waals surface area contributed by atoms with Crippen molar-refractivity contribution in [3.05, 3.63) is 59.1 Å². The summed E-state index contributed by atoms with van der Waals surface area (Å²) in [6.45, 7) is 1.42. The number of hydrogen-bond acceptors (Lipinski definition) is 4. The number of para-hydroxylation sites is 1. The Kier molecular flexibility index (Phi) is 4.01. The number of thiophene rings is 1. The molecular weight excluding hydrogens is 358 g/mol. The molecule has 2 aromatic heterocycles. The molecule has 2 aliphatic rings. The molecule has 6 heteroatoms. The molecule has 1 N–H and O–H groups in total. The Hall–Kier alpha value is -2.60. The third-order valence-corrected chi connectivity index (χ3v) is 6.60. The standard InChI is InChI=1S/C21H21N3O2S/c25-20(17-14-16(22-23-17)19-6-3-13-27-19)24-11-9-21(10-12-24)8-7-15-4-1-2-5-18(15)26-21/h1-6,13-14H,7-12H2,(H,22,23). The second-order valence-electron chi connectivity index (χ2n) is 7.33. The van der Waals surface area contributed by atoms with Crippen molar-refractivity contribution in [2.45, 2.75) is 31.3 Å². The summed E-state index contributed by atoms with van der Waals surface area (Å²) in [7, 11) is 0. The number of nitrogens with zero attached hydrogens (tertiary/aromatic N) is 2. The number of carbonyl (C=O) groups excluding carboxylic acids is 1. The zero-order valence-corrected chi connectivity index (χ0v) is 15.8. The SMILES string of the molecule is O=C(c1cc(-c2cccs2)[nH]n1)N1CCC2(CCc3ccccc3O2)CC1. The van der Waals surface area contributed by atoms with E-state index in [4.69, 9.17) is 4.74 Å². The van der Waals surface area contributed by atoms with Crippen molar-refractivity contribution in [2.24, 2.45) is 0 Å². The minimum absolute atomic E-state index is 0.000107. The van der Waals surface area contributed by atoms with Crippen molar-refractivity contribution in [1.29, 1.82) is 0 Å². The number of likely N-dealkylation sites (tertiary alicyclic amines) is 1. The predicted molar refractivity (Wildman–Crippen MR) is 105 cm³/mol. The van der Waals surface area contributed by atoms with Gasteiger partial charge in [-0.25, -0.2) is 0 Å². The molecule has 2 aliphatic heterocycles. The summed E-state index contributed by atoms with van der Waals surface area (Å²) in [6, 6.07) is 14.2. The first-order chi connectivity index (χ1) is 13.2. The summed E-state index contributed by atoms with van der Waals surface area (Å²) in [5, 5.41) is 9.24. The lowest BCUT2D eigenvalue weighted by molar-refractivity contribution is -0.0108. The maximum Gasteiger partial charge on any atom is 0.274 e. The Labute approximate surface area is 162 Å². The van der Waals surface area contributed by atoms with E-state index in [2.05, 4.69) is 28.4 Å². The van der Waals surface area contributed by atoms with Crippen LogP contribution >= 0.6 is 11.3 Å². The van der Waals surface area contributed by atoms with Gasteiger partial charge < -0.3 is 9.64 Å². The fourth-order valence-electron chi connectivity index (χ4n) is 4.08. The predicted octanol–water partition coefficient (Wildman–Crippen LogP) is 4.14. The molecule has 1 spiro atoms. The van der Waals surface area contributed by atoms with E-state index in [9.17, 15) is 4.79 Å². The fraction of sp³-hybridized carbons (Fsp3) is 0.333. The average molecular weight is 379 g/mol. The Morgan fingerprint density at radius 2 is 2.00 bits per heavy atom. The van der Waals surface area contributed by atoms with Gasteiger partial charge in [0.15, 0.2) is 5.69 Å². The summed E-state index contributed by atoms with van der Waals surface area (Å²) >= 11 is 1.63. The van der Waals surface area contributed by atoms with Gasteiger partial charge in [-0.1, -0.05) is 24.3 Å². The summed E-state index contributed by atoms with van der Waals surface area (Å²) < 4.78 is 6.39. The molecule has 5 nitrogen and oxygen atoms in total. The van der Waals surface area contributed by atoms with E-state index in [-0.39, 0.29) is 11.5 Å². The highest BCUT2D eigenvalue weighted by atomic mass is 32.1. The third-order valence-electron chi connectivity index (χ3n) is 5.69. The molecule has 0 radical (unpaired) electrons. The fourth-order valence-corrected chi connectivity index (χ4v) is 4.77. The van der Waals surface area contributed by atoms with Crippen molar-refractivity contribution in [3.8, 4) is 16.3 Å². The Bertz CT molecular complexity index is 955. The lowest BCUT2D eigenvalue weighted by atomic mass is 9.83. The first-order valence-corrected chi connectivity index (χ1v) is 10.3. The second-order valence-corrected chi connectivity index (χ2v) is 8.28. The minimum Gasteiger partial charge on any atom is -0.487 e. The number of piperidine rings is 1. The second kappa shape index (κ2) is 6.53. The molecule has 1 saturated heterocycles. The molecule has 3 aromatic rings. The van der Waals surface area contributed by atoms with E-state index in [1.807, 2.05) is 34.5 Å². The van der Waals surface area contributed by atoms with Gasteiger partial charge in [0.1, 0.15) is 11.4 Å². The van der Waals surface area contributed by atoms with Crippen LogP contribution < -0.4 is 4.74 Å². The molecular formula is C21H21N3O2S. The number of nitrogens with one attached hydrogen (secondary N) is 1. The first-order valence-electron chi connectivity index (χ1n) is 9.38. The number of hydrogen-bond donors (Lipinski definition) is 1. The zero-order valence-electron chi connectivity index (χ0n) is 15.0. The van der Waals surface area contributed by atoms with Gasteiger partial charge in [0.25, 0.3) is 5.91 Å². The lowest BCUT2D eigenvalue weighted by Crippen LogP contribution is -2.51. The molecule has 27 heavy (non-hydrogen) atoms. The van der Waals surface area contributed by atoms with Gasteiger partial charge in [0.05, 0.1) is 10.6 Å². The largest absolute Gasteiger partial charge is 0.487 e. The lowest BCUT2D eigenvalue weighted by Gasteiger charge is -2.44. The van der Waals surface area contributed by atoms with Gasteiger partial charge in [0, 0.05) is 25.9 Å². The summed E-state index contributed by atoms with van der Waals surface area (Å²) in [5.74, 6) is 1.01. The van der Waals surface area contributed by atoms with Crippen LogP contribution in [0.15, 0.2) is 47.8 Å². The number of H-pyrrole nitrogens is 1. The number of aromatic amines is 1. The number of fused-ring (bicyclic) bond motifs is 1. The first kappa shape index (κ1) is 16.6. The molecule has 0 unspecified atom stereocenters. The highest BCUT2D eigenvalue weighted by Crippen LogP contribution is 2.39. The van der Waals surface area contributed by atoms with Crippen LogP contribution in [0.2, 0.25) is 0 Å². The van der Waals surface area contributed by atoms with Crippen LogP contribution in [-0.4, -0.2) is 39.7 Å². The Morgan fingerprint density at radius 1 is 1.15 bits per heavy atom. The monoisotopic (exact) mass is 379 g/mol. The van der Waals surface area contributed by atoms with E-state index in [0.717, 1.165) is 42.0 Å². The van der Waals surface area contributed by atoms with Crippen LogP contribution in [0.25, 0.3) is 10.6 Å². The molecule has 4 heterocycles. The molecule has 5 rings (SSSR count). The van der Waals surface area contributed by atoms with Crippen molar-refractivity contribution >= 4 is 17.2 Å². The van der Waals surface area contributed by atoms with Gasteiger partial charge in [-0.15, -0.1) is 11.3 Å². The quantitative estimate of drug-likeness (QED) is 0.728. The topological polar surface area (TPSA) is 58.2 Å². The van der Waals surface area contributed by atoms with Gasteiger partial charge in [-0.3, -0.25) is 9.89 Å². The van der Waals surface area contributed by atoms with Crippen molar-refractivity contribution in [1.82, 2.24) is 15.1 Å². The van der Waals surface area contributed by atoms with E-state index < -0.39 is 0 Å². The van der Waals surface area contributed by atoms with Crippen LogP contribution in [-0.2, 0) is 6.42 Å². The van der Waals surface area contributed by atoms with Crippen LogP contribution in [0.3, 0.4) is 0 Å². The van der Waals surface area contributed by atoms with Crippen molar-refractivity contribution in [3.63, 3.8) is 0 Å². The van der Waals surface area contributed by atoms with Crippen LogP contribution in [0.4, 0.5) is 0 Å². The zero-order chi connectivity index (χ0) is 18.3. The highest BCUT2D eigenvalue weighted by molar-refractivity contribution is 7.13. The van der Waals surface area contributed by atoms with E-state index in [1.54, 1.807) is 11.3 Å². The van der Waals surface area contributed by atoms with E-state index in [0.29, 0.717) is 18.8 Å². The van der Waals surface area contributed by atoms with E-state index in [1.165, 1.54) is 5.56 Å². The smallest absolute Gasteiger partial charge is 0.274 e. The number of ether oxygens (including phenoxy) is 1. The van der Waals surface area contributed by atoms with Crippen molar-refractivity contribution < 1.29 is 9.53 Å². The number of carbonyl (C=O) groups is 1. The molecule has 0 atom stereocenters. The van der Waals surface area contributed by atoms with Crippen LogP contribution in [0.1, 0.15) is 35.3 Å². The summed E-state index contributed by atoms with van der Waals surface area (Å²) in [4.78, 5) is 15.9. The Morgan fingerprint density at radius 3 is 2.81 bits per heavy atom. The van der Waals surface area contributed by atoms with Crippen LogP contribution in [0.5, 0.6) is 5.75 Å². The molecule has 1 fully saturated rings. The molecule has 138 valence electrons. The highest BCUT2D eigenvalue weighted by Gasteiger charge is 2.40. The van der Waals surface area contributed by atoms with Gasteiger partial charge in [0.2, 0.25) is 0 Å². The summed E-state index contributed by atoms with van der Waals surface area (Å²) in [6.07, 6.45) is 3.81. The maximum atomic E-state index is 12.9. The third kappa shape index (κ3) is 3.04. The van der Waals surface area contributed by atoms with E-state index >= 15 is 0 Å². The number of aryl methyl sites for hydroxylation is 1. The maximum absolute atomic E-state index is 12.9. The Balaban J connectivity index is 1.26. The minimum atomic E-state index is -0.126. The van der Waals surface area contributed by atoms with Crippen LogP contribution in [0, 0.1) is 0 Å². The van der Waals surface area contributed by atoms with Crippen molar-refractivity contribution in [2.75, 3.05) is 13.1 Å². The number of benzene rings is 1. The number of amides is 1. The number of aromatic nitrogens is 2.